The zero-order chi connectivity index (χ0) is 17.6. The summed E-state index contributed by atoms with van der Waals surface area (Å²) >= 11 is 0. The number of pyridine rings is 1. The molecule has 0 bridgehead atoms. The number of aromatic nitrogens is 5. The maximum Gasteiger partial charge on any atom is 0.316 e. The van der Waals surface area contributed by atoms with E-state index in [-0.39, 0.29) is 6.54 Å². The van der Waals surface area contributed by atoms with E-state index in [1.165, 1.54) is 9.13 Å². The minimum absolute atomic E-state index is 0.267. The van der Waals surface area contributed by atoms with Crippen LogP contribution in [0.4, 0.5) is 0 Å². The van der Waals surface area contributed by atoms with Crippen molar-refractivity contribution in [1.29, 1.82) is 0 Å². The van der Waals surface area contributed by atoms with E-state index in [1.54, 1.807) is 29.5 Å². The Morgan fingerprint density at radius 2 is 1.80 bits per heavy atom. The van der Waals surface area contributed by atoms with Crippen molar-refractivity contribution in [2.45, 2.75) is 39.3 Å². The number of nitrogens with zero attached hydrogens (tertiary/aromatic N) is 5. The van der Waals surface area contributed by atoms with Crippen LogP contribution in [-0.2, 0) is 13.1 Å². The summed E-state index contributed by atoms with van der Waals surface area (Å²) in [6, 6.07) is 5.55. The van der Waals surface area contributed by atoms with Crippen molar-refractivity contribution in [1.82, 2.24) is 23.9 Å². The Morgan fingerprint density at radius 3 is 2.48 bits per heavy atom. The molecule has 25 heavy (non-hydrogen) atoms. The van der Waals surface area contributed by atoms with E-state index in [4.69, 9.17) is 0 Å². The van der Waals surface area contributed by atoms with E-state index in [9.17, 15) is 9.59 Å². The summed E-state index contributed by atoms with van der Waals surface area (Å²) in [5, 5.41) is 4.14. The Kier molecular flexibility index (Phi) is 5.23. The minimum Gasteiger partial charge on any atom is -0.309 e. The molecular weight excluding hydrogens is 318 g/mol. The van der Waals surface area contributed by atoms with E-state index in [0.717, 1.165) is 24.9 Å². The second-order valence-corrected chi connectivity index (χ2v) is 5.90. The van der Waals surface area contributed by atoms with Gasteiger partial charge in [-0.05, 0) is 24.6 Å². The Balaban J connectivity index is 1.75. The number of unbranched alkanes of at least 4 members (excludes halogenated alkanes) is 2. The van der Waals surface area contributed by atoms with Crippen LogP contribution in [0.25, 0.3) is 5.69 Å². The monoisotopic (exact) mass is 339 g/mol. The van der Waals surface area contributed by atoms with Crippen LogP contribution in [0.2, 0.25) is 0 Å². The van der Waals surface area contributed by atoms with Gasteiger partial charge in [0.15, 0.2) is 0 Å². The molecule has 0 saturated heterocycles. The molecule has 0 radical (unpaired) electrons. The second kappa shape index (κ2) is 7.74. The number of hydrogen-bond acceptors (Lipinski definition) is 4. The fourth-order valence-corrected chi connectivity index (χ4v) is 2.62. The fourth-order valence-electron chi connectivity index (χ4n) is 2.62. The zero-order valence-corrected chi connectivity index (χ0v) is 14.2. The molecule has 0 N–H and O–H groups in total. The first-order valence-corrected chi connectivity index (χ1v) is 8.44. The van der Waals surface area contributed by atoms with Crippen molar-refractivity contribution in [2.24, 2.45) is 0 Å². The summed E-state index contributed by atoms with van der Waals surface area (Å²) < 4.78 is 4.59. The van der Waals surface area contributed by atoms with Crippen LogP contribution in [0.15, 0.2) is 58.8 Å². The van der Waals surface area contributed by atoms with Crippen LogP contribution < -0.4 is 11.1 Å². The summed E-state index contributed by atoms with van der Waals surface area (Å²) in [5.41, 5.74) is 0.553. The first kappa shape index (κ1) is 16.9. The first-order chi connectivity index (χ1) is 12.2. The molecule has 0 unspecified atom stereocenters. The SMILES string of the molecule is CCCCCn1ccn(Cc2ccc(-n3cccn3)cn2)c(=O)c1=O. The third-order valence-electron chi connectivity index (χ3n) is 4.04. The minimum atomic E-state index is -0.517. The zero-order valence-electron chi connectivity index (χ0n) is 14.2. The van der Waals surface area contributed by atoms with E-state index < -0.39 is 11.1 Å². The maximum atomic E-state index is 12.3. The highest BCUT2D eigenvalue weighted by atomic mass is 16.2. The third kappa shape index (κ3) is 3.93. The molecule has 0 aliphatic rings. The highest BCUT2D eigenvalue weighted by Gasteiger charge is 2.06. The van der Waals surface area contributed by atoms with Crippen LogP contribution in [-0.4, -0.2) is 23.9 Å². The van der Waals surface area contributed by atoms with Gasteiger partial charge in [0.05, 0.1) is 24.1 Å². The molecule has 0 aliphatic carbocycles. The lowest BCUT2D eigenvalue weighted by Crippen LogP contribution is -2.40. The van der Waals surface area contributed by atoms with Gasteiger partial charge in [-0.3, -0.25) is 14.6 Å². The molecule has 0 amide bonds. The molecular formula is C18H21N5O2. The van der Waals surface area contributed by atoms with Gasteiger partial charge < -0.3 is 9.13 Å². The van der Waals surface area contributed by atoms with Gasteiger partial charge in [-0.15, -0.1) is 0 Å². The van der Waals surface area contributed by atoms with Gasteiger partial charge in [-0.25, -0.2) is 4.68 Å². The Morgan fingerprint density at radius 1 is 1.00 bits per heavy atom. The van der Waals surface area contributed by atoms with Gasteiger partial charge >= 0.3 is 11.1 Å². The van der Waals surface area contributed by atoms with E-state index in [2.05, 4.69) is 17.0 Å². The molecule has 0 fully saturated rings. The molecule has 3 heterocycles. The van der Waals surface area contributed by atoms with Gasteiger partial charge in [0.2, 0.25) is 0 Å². The largest absolute Gasteiger partial charge is 0.316 e. The molecule has 7 heteroatoms. The lowest BCUT2D eigenvalue weighted by atomic mass is 10.2. The van der Waals surface area contributed by atoms with Crippen LogP contribution >= 0.6 is 0 Å². The number of aryl methyl sites for hydroxylation is 1. The third-order valence-corrected chi connectivity index (χ3v) is 4.04. The highest BCUT2D eigenvalue weighted by Crippen LogP contribution is 2.06. The average molecular weight is 339 g/mol. The van der Waals surface area contributed by atoms with E-state index >= 15 is 0 Å². The fraction of sp³-hybridized carbons (Fsp3) is 0.333. The van der Waals surface area contributed by atoms with Crippen molar-refractivity contribution in [3.05, 3.63) is 75.6 Å². The van der Waals surface area contributed by atoms with Crippen LogP contribution in [0.1, 0.15) is 31.9 Å². The topological polar surface area (TPSA) is 74.7 Å². The van der Waals surface area contributed by atoms with Gasteiger partial charge in [0.25, 0.3) is 0 Å². The number of hydrogen-bond donors (Lipinski definition) is 0. The Bertz CT molecular complexity index is 923. The lowest BCUT2D eigenvalue weighted by Gasteiger charge is -2.09. The molecule has 0 aromatic carbocycles. The molecule has 0 atom stereocenters. The summed E-state index contributed by atoms with van der Waals surface area (Å²) in [6.45, 7) is 2.95. The first-order valence-electron chi connectivity index (χ1n) is 8.44. The molecule has 7 nitrogen and oxygen atoms in total. The van der Waals surface area contributed by atoms with Crippen molar-refractivity contribution in [3.63, 3.8) is 0 Å². The van der Waals surface area contributed by atoms with Gasteiger partial charge in [0.1, 0.15) is 0 Å². The molecule has 3 aromatic heterocycles. The molecule has 0 aliphatic heterocycles. The van der Waals surface area contributed by atoms with Gasteiger partial charge in [-0.1, -0.05) is 19.8 Å². The van der Waals surface area contributed by atoms with E-state index in [1.807, 2.05) is 24.4 Å². The predicted molar refractivity (Wildman–Crippen MR) is 94.9 cm³/mol. The quantitative estimate of drug-likeness (QED) is 0.486. The summed E-state index contributed by atoms with van der Waals surface area (Å²) in [6.07, 6.45) is 11.6. The summed E-state index contributed by atoms with van der Waals surface area (Å²) in [7, 11) is 0. The molecule has 3 aromatic rings. The van der Waals surface area contributed by atoms with Crippen LogP contribution in [0.3, 0.4) is 0 Å². The molecule has 3 rings (SSSR count). The normalized spacial score (nSPS) is 10.9. The maximum absolute atomic E-state index is 12.3. The molecule has 0 spiro atoms. The average Bonchev–Trinajstić information content (AvgIpc) is 3.16. The number of rotatable bonds is 7. The highest BCUT2D eigenvalue weighted by molar-refractivity contribution is 5.28. The molecule has 0 saturated carbocycles. The van der Waals surface area contributed by atoms with Crippen molar-refractivity contribution >= 4 is 0 Å². The Hall–Kier alpha value is -2.96. The van der Waals surface area contributed by atoms with Gasteiger partial charge in [-0.2, -0.15) is 5.10 Å². The lowest BCUT2D eigenvalue weighted by molar-refractivity contribution is 0.566. The summed E-state index contributed by atoms with van der Waals surface area (Å²) in [5.74, 6) is 0. The van der Waals surface area contributed by atoms with Crippen LogP contribution in [0.5, 0.6) is 0 Å². The Labute approximate surface area is 145 Å². The molecule has 130 valence electrons. The van der Waals surface area contributed by atoms with Crippen molar-refractivity contribution in [3.8, 4) is 5.69 Å². The van der Waals surface area contributed by atoms with Crippen molar-refractivity contribution in [2.75, 3.05) is 0 Å². The summed E-state index contributed by atoms with van der Waals surface area (Å²) in [4.78, 5) is 28.8. The second-order valence-electron chi connectivity index (χ2n) is 5.90. The smallest absolute Gasteiger partial charge is 0.309 e. The predicted octanol–water partition coefficient (Wildman–Crippen LogP) is 1.83. The standard InChI is InChI=1S/C18H21N5O2/c1-2-3-4-9-21-11-12-22(18(25)17(21)24)14-15-6-7-16(13-19-15)23-10-5-8-20-23/h5-8,10-13H,2-4,9,14H2,1H3. The van der Waals surface area contributed by atoms with Gasteiger partial charge in [0, 0.05) is 31.3 Å². The van der Waals surface area contributed by atoms with E-state index in [0.29, 0.717) is 12.2 Å². The van der Waals surface area contributed by atoms with Crippen molar-refractivity contribution < 1.29 is 0 Å². The van der Waals surface area contributed by atoms with Crippen LogP contribution in [0, 0.1) is 0 Å².